The maximum atomic E-state index is 13.1. The van der Waals surface area contributed by atoms with Crippen molar-refractivity contribution in [2.45, 2.75) is 42.9 Å². The Morgan fingerprint density at radius 3 is 2.57 bits per heavy atom. The molecule has 1 aromatic heterocycles. The van der Waals surface area contributed by atoms with Gasteiger partial charge in [-0.25, -0.2) is 8.42 Å². The van der Waals surface area contributed by atoms with Gasteiger partial charge in [0.2, 0.25) is 0 Å². The minimum absolute atomic E-state index is 0.000872. The van der Waals surface area contributed by atoms with Crippen molar-refractivity contribution in [3.63, 3.8) is 0 Å². The lowest BCUT2D eigenvalue weighted by Gasteiger charge is -2.14. The highest BCUT2D eigenvalue weighted by molar-refractivity contribution is 7.90. The molecule has 1 atom stereocenters. The number of anilines is 1. The Labute approximate surface area is 176 Å². The summed E-state index contributed by atoms with van der Waals surface area (Å²) in [5.41, 5.74) is 1.88. The first kappa shape index (κ1) is 20.5. The maximum Gasteiger partial charge on any atom is 0.257 e. The van der Waals surface area contributed by atoms with Crippen LogP contribution in [0, 0.1) is 5.92 Å². The molecule has 0 spiro atoms. The lowest BCUT2D eigenvalue weighted by molar-refractivity contribution is -0.117. The number of aromatic nitrogens is 2. The largest absolute Gasteiger partial charge is 0.305 e. The molecule has 4 rings (SSSR count). The van der Waals surface area contributed by atoms with E-state index in [1.54, 1.807) is 36.1 Å². The lowest BCUT2D eigenvalue weighted by atomic mass is 9.95. The number of Topliss-reactive ketones (excluding diaryl/α,β-unsaturated/α-hetero) is 1. The smallest absolute Gasteiger partial charge is 0.257 e. The van der Waals surface area contributed by atoms with Crippen LogP contribution in [0.1, 0.15) is 49.1 Å². The molecule has 0 radical (unpaired) electrons. The molecule has 2 aromatic rings. The lowest BCUT2D eigenvalue weighted by Crippen LogP contribution is -2.16. The fraction of sp³-hybridized carbons (Fsp3) is 0.409. The fourth-order valence-electron chi connectivity index (χ4n) is 3.96. The summed E-state index contributed by atoms with van der Waals surface area (Å²) in [7, 11) is -1.59. The molecule has 2 saturated carbocycles. The Balaban J connectivity index is 1.73. The topological polar surface area (TPSA) is 98.1 Å². The maximum absolute atomic E-state index is 13.1. The van der Waals surface area contributed by atoms with Crippen LogP contribution in [0.5, 0.6) is 0 Å². The number of ketones is 1. The van der Waals surface area contributed by atoms with Crippen molar-refractivity contribution in [1.82, 2.24) is 9.78 Å². The van der Waals surface area contributed by atoms with Gasteiger partial charge in [0.15, 0.2) is 15.7 Å². The van der Waals surface area contributed by atoms with E-state index in [2.05, 4.69) is 10.4 Å². The van der Waals surface area contributed by atoms with Crippen LogP contribution in [-0.4, -0.2) is 36.1 Å². The zero-order valence-electron chi connectivity index (χ0n) is 17.1. The van der Waals surface area contributed by atoms with E-state index in [1.165, 1.54) is 6.26 Å². The van der Waals surface area contributed by atoms with E-state index in [1.807, 2.05) is 12.1 Å². The molecule has 0 bridgehead atoms. The number of nitrogens with zero attached hydrogens (tertiary/aromatic N) is 2. The highest BCUT2D eigenvalue weighted by Gasteiger charge is 2.30. The van der Waals surface area contributed by atoms with Gasteiger partial charge < -0.3 is 5.32 Å². The average Bonchev–Trinajstić information content (AvgIpc) is 3.33. The second-order valence-electron chi connectivity index (χ2n) is 8.25. The van der Waals surface area contributed by atoms with E-state index >= 15 is 0 Å². The van der Waals surface area contributed by atoms with Crippen LogP contribution < -0.4 is 5.32 Å². The van der Waals surface area contributed by atoms with Gasteiger partial charge in [-0.15, -0.1) is 0 Å². The van der Waals surface area contributed by atoms with Gasteiger partial charge in [-0.05, 0) is 54.4 Å². The second-order valence-corrected chi connectivity index (χ2v) is 10.2. The van der Waals surface area contributed by atoms with E-state index in [4.69, 9.17) is 0 Å². The molecule has 7 nitrogen and oxygen atoms in total. The Bertz CT molecular complexity index is 1140. The molecule has 0 saturated heterocycles. The molecule has 30 heavy (non-hydrogen) atoms. The highest BCUT2D eigenvalue weighted by Crippen LogP contribution is 2.44. The number of nitrogens with one attached hydrogen (secondary N) is 1. The Morgan fingerprint density at radius 1 is 1.23 bits per heavy atom. The van der Waals surface area contributed by atoms with Gasteiger partial charge >= 0.3 is 0 Å². The van der Waals surface area contributed by atoms with Gasteiger partial charge in [-0.3, -0.25) is 14.3 Å². The molecule has 0 unspecified atom stereocenters. The fourth-order valence-corrected chi connectivity index (χ4v) is 4.93. The molecule has 2 fully saturated rings. The van der Waals surface area contributed by atoms with Crippen LogP contribution in [0.4, 0.5) is 5.82 Å². The van der Waals surface area contributed by atoms with E-state index in [9.17, 15) is 18.0 Å². The molecule has 2 aliphatic carbocycles. The molecule has 2 aliphatic rings. The van der Waals surface area contributed by atoms with Crippen molar-refractivity contribution in [2.24, 2.45) is 13.0 Å². The van der Waals surface area contributed by atoms with Gasteiger partial charge in [0.25, 0.3) is 5.91 Å². The highest BCUT2D eigenvalue weighted by atomic mass is 32.2. The summed E-state index contributed by atoms with van der Waals surface area (Å²) in [6, 6.07) is 6.81. The summed E-state index contributed by atoms with van der Waals surface area (Å²) >= 11 is 0. The van der Waals surface area contributed by atoms with Crippen LogP contribution in [-0.2, 0) is 26.5 Å². The first-order valence-corrected chi connectivity index (χ1v) is 12.0. The van der Waals surface area contributed by atoms with Crippen molar-refractivity contribution in [2.75, 3.05) is 11.6 Å². The number of carbonyl (C=O) groups is 2. The van der Waals surface area contributed by atoms with E-state index < -0.39 is 9.84 Å². The number of rotatable bonds is 6. The van der Waals surface area contributed by atoms with Crippen molar-refractivity contribution in [3.8, 4) is 0 Å². The SMILES string of the molecule is Cn1ccc(NC(=O)/C(=C/[C@H]2CCC(=O)C2)c2ccc(S(C)(=O)=O)c(C3CC3)c2)n1. The first-order chi connectivity index (χ1) is 14.2. The summed E-state index contributed by atoms with van der Waals surface area (Å²) in [4.78, 5) is 25.2. The average molecular weight is 428 g/mol. The molecular formula is C22H25N3O4S. The molecular weight excluding hydrogens is 402 g/mol. The van der Waals surface area contributed by atoms with Crippen LogP contribution in [0.25, 0.3) is 5.57 Å². The normalized spacial score (nSPS) is 19.9. The predicted molar refractivity (Wildman–Crippen MR) is 114 cm³/mol. The molecule has 1 N–H and O–H groups in total. The number of carbonyl (C=O) groups excluding carboxylic acids is 2. The van der Waals surface area contributed by atoms with E-state index in [0.717, 1.165) is 24.8 Å². The van der Waals surface area contributed by atoms with Gasteiger partial charge in [-0.1, -0.05) is 12.1 Å². The standard InChI is InChI=1S/C22H25N3O4S/c1-25-10-9-21(24-25)23-22(27)19(12-14-3-7-17(26)11-14)16-6-8-20(30(2,28)29)18(13-16)15-4-5-15/h6,8-10,12-15H,3-5,7,11H2,1-2H3,(H,23,24,27)/b19-12+/t14-/m0/s1. The predicted octanol–water partition coefficient (Wildman–Crippen LogP) is 3.09. The number of aryl methyl sites for hydroxylation is 1. The minimum Gasteiger partial charge on any atom is -0.305 e. The van der Waals surface area contributed by atoms with Crippen LogP contribution >= 0.6 is 0 Å². The Hall–Kier alpha value is -2.74. The number of allylic oxidation sites excluding steroid dienone is 1. The van der Waals surface area contributed by atoms with Crippen molar-refractivity contribution >= 4 is 32.9 Å². The monoisotopic (exact) mass is 427 g/mol. The summed E-state index contributed by atoms with van der Waals surface area (Å²) in [6.07, 6.45) is 8.37. The summed E-state index contributed by atoms with van der Waals surface area (Å²) in [5, 5.41) is 7.01. The molecule has 1 aromatic carbocycles. The molecule has 0 aliphatic heterocycles. The van der Waals surface area contributed by atoms with E-state index in [-0.39, 0.29) is 23.5 Å². The number of sulfone groups is 1. The number of amides is 1. The third-order valence-electron chi connectivity index (χ3n) is 5.62. The number of benzene rings is 1. The van der Waals surface area contributed by atoms with Gasteiger partial charge in [0.05, 0.1) is 4.90 Å². The van der Waals surface area contributed by atoms with E-state index in [0.29, 0.717) is 34.7 Å². The van der Waals surface area contributed by atoms with Crippen molar-refractivity contribution < 1.29 is 18.0 Å². The summed E-state index contributed by atoms with van der Waals surface area (Å²) in [5.74, 6) is 0.531. The van der Waals surface area contributed by atoms with Crippen LogP contribution in [0.15, 0.2) is 41.4 Å². The van der Waals surface area contributed by atoms with Gasteiger partial charge in [0, 0.05) is 44.0 Å². The second kappa shape index (κ2) is 7.83. The Morgan fingerprint density at radius 2 is 2.00 bits per heavy atom. The zero-order valence-corrected chi connectivity index (χ0v) is 17.9. The Kier molecular flexibility index (Phi) is 5.36. The van der Waals surface area contributed by atoms with Crippen LogP contribution in [0.3, 0.4) is 0 Å². The van der Waals surface area contributed by atoms with Gasteiger partial charge in [0.1, 0.15) is 5.78 Å². The van der Waals surface area contributed by atoms with Crippen molar-refractivity contribution in [1.29, 1.82) is 0 Å². The molecule has 8 heteroatoms. The minimum atomic E-state index is -3.35. The molecule has 158 valence electrons. The quantitative estimate of drug-likeness (QED) is 0.715. The van der Waals surface area contributed by atoms with Crippen LogP contribution in [0.2, 0.25) is 0 Å². The molecule has 1 amide bonds. The summed E-state index contributed by atoms with van der Waals surface area (Å²) in [6.45, 7) is 0. The van der Waals surface area contributed by atoms with Gasteiger partial charge in [-0.2, -0.15) is 5.10 Å². The van der Waals surface area contributed by atoms with Crippen molar-refractivity contribution in [3.05, 3.63) is 47.7 Å². The third kappa shape index (κ3) is 4.53. The third-order valence-corrected chi connectivity index (χ3v) is 6.79. The summed E-state index contributed by atoms with van der Waals surface area (Å²) < 4.78 is 26.0. The zero-order chi connectivity index (χ0) is 21.5. The first-order valence-electron chi connectivity index (χ1n) is 10.1. The number of hydrogen-bond donors (Lipinski definition) is 1. The molecule has 1 heterocycles. The number of hydrogen-bond acceptors (Lipinski definition) is 5.